The molecular weight excluding hydrogens is 308 g/mol. The average molecular weight is 332 g/mol. The SMILES string of the molecule is CCOC(=O)c1ccc(S(=O)(=O)N(C)CCC(N)C(C)C)o1. The Balaban J connectivity index is 2.79. The second-order valence-corrected chi connectivity index (χ2v) is 7.34. The van der Waals surface area contributed by atoms with Crippen LogP contribution in [0.25, 0.3) is 0 Å². The largest absolute Gasteiger partial charge is 0.460 e. The molecule has 22 heavy (non-hydrogen) atoms. The summed E-state index contributed by atoms with van der Waals surface area (Å²) in [6.45, 7) is 6.09. The van der Waals surface area contributed by atoms with E-state index in [2.05, 4.69) is 0 Å². The zero-order valence-corrected chi connectivity index (χ0v) is 14.2. The van der Waals surface area contributed by atoms with Gasteiger partial charge in [-0.2, -0.15) is 4.31 Å². The Labute approximate surface area is 131 Å². The van der Waals surface area contributed by atoms with Gasteiger partial charge in [-0.3, -0.25) is 0 Å². The number of furan rings is 1. The van der Waals surface area contributed by atoms with Gasteiger partial charge < -0.3 is 14.9 Å². The molecule has 0 fully saturated rings. The van der Waals surface area contributed by atoms with Gasteiger partial charge in [0, 0.05) is 19.6 Å². The van der Waals surface area contributed by atoms with Crippen LogP contribution in [-0.4, -0.2) is 44.9 Å². The molecule has 0 aliphatic heterocycles. The maximum atomic E-state index is 12.3. The Morgan fingerprint density at radius 2 is 2.05 bits per heavy atom. The van der Waals surface area contributed by atoms with Crippen LogP contribution in [0, 0.1) is 5.92 Å². The molecule has 0 spiro atoms. The molecule has 1 atom stereocenters. The topological polar surface area (TPSA) is 103 Å². The lowest BCUT2D eigenvalue weighted by Gasteiger charge is -2.20. The zero-order valence-electron chi connectivity index (χ0n) is 13.4. The van der Waals surface area contributed by atoms with E-state index in [9.17, 15) is 13.2 Å². The van der Waals surface area contributed by atoms with Crippen molar-refractivity contribution in [3.63, 3.8) is 0 Å². The van der Waals surface area contributed by atoms with E-state index >= 15 is 0 Å². The highest BCUT2D eigenvalue weighted by Gasteiger charge is 2.26. The number of nitrogens with two attached hydrogens (primary N) is 1. The minimum Gasteiger partial charge on any atom is -0.460 e. The fraction of sp³-hybridized carbons (Fsp3) is 0.643. The van der Waals surface area contributed by atoms with Gasteiger partial charge in [-0.25, -0.2) is 13.2 Å². The molecule has 1 aromatic rings. The summed E-state index contributed by atoms with van der Waals surface area (Å²) in [5.41, 5.74) is 5.92. The number of carbonyl (C=O) groups is 1. The first-order valence-corrected chi connectivity index (χ1v) is 8.63. The van der Waals surface area contributed by atoms with Crippen molar-refractivity contribution in [1.29, 1.82) is 0 Å². The summed E-state index contributed by atoms with van der Waals surface area (Å²) < 4.78 is 35.7. The van der Waals surface area contributed by atoms with Crippen molar-refractivity contribution >= 4 is 16.0 Å². The number of ether oxygens (including phenoxy) is 1. The van der Waals surface area contributed by atoms with Crippen LogP contribution < -0.4 is 5.73 Å². The lowest BCUT2D eigenvalue weighted by molar-refractivity contribution is 0.0484. The van der Waals surface area contributed by atoms with Crippen LogP contribution in [0.4, 0.5) is 0 Å². The molecule has 1 unspecified atom stereocenters. The fourth-order valence-electron chi connectivity index (χ4n) is 1.71. The van der Waals surface area contributed by atoms with E-state index in [0.29, 0.717) is 6.42 Å². The van der Waals surface area contributed by atoms with Crippen LogP contribution in [0.1, 0.15) is 37.7 Å². The Morgan fingerprint density at radius 1 is 1.41 bits per heavy atom. The maximum absolute atomic E-state index is 12.3. The minimum absolute atomic E-state index is 0.0793. The van der Waals surface area contributed by atoms with Gasteiger partial charge >= 0.3 is 5.97 Å². The van der Waals surface area contributed by atoms with Crippen molar-refractivity contribution in [3.05, 3.63) is 17.9 Å². The number of carbonyl (C=O) groups excluding carboxylic acids is 1. The van der Waals surface area contributed by atoms with E-state index in [1.807, 2.05) is 13.8 Å². The predicted octanol–water partition coefficient (Wildman–Crippen LogP) is 1.45. The van der Waals surface area contributed by atoms with Crippen molar-refractivity contribution < 1.29 is 22.4 Å². The standard InChI is InChI=1S/C14H24N2O5S/c1-5-20-14(17)12-6-7-13(21-12)22(18,19)16(4)9-8-11(15)10(2)3/h6-7,10-11H,5,8-9,15H2,1-4H3. The first kappa shape index (κ1) is 18.7. The smallest absolute Gasteiger partial charge is 0.374 e. The van der Waals surface area contributed by atoms with Gasteiger partial charge in [0.05, 0.1) is 6.61 Å². The summed E-state index contributed by atoms with van der Waals surface area (Å²) in [6.07, 6.45) is 0.541. The lowest BCUT2D eigenvalue weighted by atomic mass is 10.0. The van der Waals surface area contributed by atoms with Gasteiger partial charge in [0.25, 0.3) is 10.0 Å². The molecule has 126 valence electrons. The molecule has 8 heteroatoms. The van der Waals surface area contributed by atoms with Crippen LogP contribution in [0.5, 0.6) is 0 Å². The number of nitrogens with zero attached hydrogens (tertiary/aromatic N) is 1. The zero-order chi connectivity index (χ0) is 16.9. The molecule has 0 aromatic carbocycles. The summed E-state index contributed by atoms with van der Waals surface area (Å²) in [6, 6.07) is 2.46. The van der Waals surface area contributed by atoms with E-state index in [4.69, 9.17) is 14.9 Å². The van der Waals surface area contributed by atoms with Gasteiger partial charge in [-0.05, 0) is 31.4 Å². The Hall–Kier alpha value is -1.38. The molecule has 0 bridgehead atoms. The molecule has 0 radical (unpaired) electrons. The first-order valence-electron chi connectivity index (χ1n) is 7.19. The van der Waals surface area contributed by atoms with Gasteiger partial charge in [-0.1, -0.05) is 13.8 Å². The Kier molecular flexibility index (Phi) is 6.58. The molecule has 0 saturated heterocycles. The van der Waals surface area contributed by atoms with E-state index in [1.54, 1.807) is 6.92 Å². The van der Waals surface area contributed by atoms with Gasteiger partial charge in [0.2, 0.25) is 10.9 Å². The van der Waals surface area contributed by atoms with E-state index in [-0.39, 0.29) is 36.0 Å². The summed E-state index contributed by atoms with van der Waals surface area (Å²) in [5, 5.41) is -0.281. The molecule has 1 aromatic heterocycles. The highest BCUT2D eigenvalue weighted by atomic mass is 32.2. The van der Waals surface area contributed by atoms with Crippen molar-refractivity contribution in [3.8, 4) is 0 Å². The lowest BCUT2D eigenvalue weighted by Crippen LogP contribution is -2.34. The van der Waals surface area contributed by atoms with Crippen LogP contribution in [0.2, 0.25) is 0 Å². The highest BCUT2D eigenvalue weighted by Crippen LogP contribution is 2.19. The summed E-state index contributed by atoms with van der Waals surface area (Å²) in [7, 11) is -2.33. The molecule has 0 aliphatic rings. The van der Waals surface area contributed by atoms with Crippen molar-refractivity contribution in [2.75, 3.05) is 20.2 Å². The van der Waals surface area contributed by atoms with Crippen molar-refractivity contribution in [2.45, 2.75) is 38.3 Å². The quantitative estimate of drug-likeness (QED) is 0.723. The van der Waals surface area contributed by atoms with Crippen LogP contribution in [0.15, 0.2) is 21.6 Å². The van der Waals surface area contributed by atoms with Gasteiger partial charge in [0.1, 0.15) is 0 Å². The van der Waals surface area contributed by atoms with Crippen molar-refractivity contribution in [1.82, 2.24) is 4.31 Å². The van der Waals surface area contributed by atoms with Crippen LogP contribution in [0.3, 0.4) is 0 Å². The molecule has 1 rings (SSSR count). The predicted molar refractivity (Wildman–Crippen MR) is 81.9 cm³/mol. The molecular formula is C14H24N2O5S. The molecule has 2 N–H and O–H groups in total. The van der Waals surface area contributed by atoms with Crippen molar-refractivity contribution in [2.24, 2.45) is 11.7 Å². The highest BCUT2D eigenvalue weighted by molar-refractivity contribution is 7.89. The normalized spacial score (nSPS) is 13.6. The summed E-state index contributed by atoms with van der Waals surface area (Å²) in [5.74, 6) is -0.545. The maximum Gasteiger partial charge on any atom is 0.374 e. The van der Waals surface area contributed by atoms with E-state index < -0.39 is 16.0 Å². The fourth-order valence-corrected chi connectivity index (χ4v) is 2.80. The molecule has 7 nitrogen and oxygen atoms in total. The minimum atomic E-state index is -3.78. The molecule has 0 saturated carbocycles. The average Bonchev–Trinajstić information content (AvgIpc) is 2.94. The van der Waals surface area contributed by atoms with Gasteiger partial charge in [-0.15, -0.1) is 0 Å². The number of esters is 1. The number of hydrogen-bond donors (Lipinski definition) is 1. The number of hydrogen-bond acceptors (Lipinski definition) is 6. The number of rotatable bonds is 8. The molecule has 0 amide bonds. The third-order valence-electron chi connectivity index (χ3n) is 3.36. The number of sulfonamides is 1. The second-order valence-electron chi connectivity index (χ2n) is 5.36. The van der Waals surface area contributed by atoms with E-state index in [1.165, 1.54) is 23.5 Å². The van der Waals surface area contributed by atoms with E-state index in [0.717, 1.165) is 0 Å². The first-order chi connectivity index (χ1) is 10.2. The molecule has 0 aliphatic carbocycles. The van der Waals surface area contributed by atoms with Crippen LogP contribution >= 0.6 is 0 Å². The summed E-state index contributed by atoms with van der Waals surface area (Å²) in [4.78, 5) is 11.5. The monoisotopic (exact) mass is 332 g/mol. The third kappa shape index (κ3) is 4.56. The van der Waals surface area contributed by atoms with Crippen LogP contribution in [-0.2, 0) is 14.8 Å². The third-order valence-corrected chi connectivity index (χ3v) is 5.09. The molecule has 1 heterocycles. The van der Waals surface area contributed by atoms with Gasteiger partial charge in [0.15, 0.2) is 0 Å². The Bertz CT molecular complexity index is 594. The summed E-state index contributed by atoms with van der Waals surface area (Å²) >= 11 is 0. The second kappa shape index (κ2) is 7.75. The Morgan fingerprint density at radius 3 is 2.59 bits per heavy atom.